The maximum atomic E-state index is 13.2. The molecule has 2 amide bonds. The average Bonchev–Trinajstić information content (AvgIpc) is 2.91. The molecule has 0 aliphatic carbocycles. The molecule has 2 aromatic rings. The molecular weight excluding hydrogens is 350 g/mol. The Morgan fingerprint density at radius 2 is 1.57 bits per heavy atom. The van der Waals surface area contributed by atoms with Gasteiger partial charge in [-0.15, -0.1) is 0 Å². The van der Waals surface area contributed by atoms with Gasteiger partial charge in [0.2, 0.25) is 11.8 Å². The molecule has 1 saturated heterocycles. The van der Waals surface area contributed by atoms with Gasteiger partial charge < -0.3 is 9.80 Å². The van der Waals surface area contributed by atoms with Crippen molar-refractivity contribution in [3.8, 4) is 0 Å². The van der Waals surface area contributed by atoms with E-state index in [4.69, 9.17) is 0 Å². The Hall–Kier alpha value is -2.82. The second-order valence-corrected chi connectivity index (χ2v) is 7.57. The Morgan fingerprint density at radius 1 is 0.893 bits per heavy atom. The second kappa shape index (κ2) is 8.05. The molecule has 0 spiro atoms. The molecule has 0 unspecified atom stereocenters. The molecule has 0 aromatic heterocycles. The highest BCUT2D eigenvalue weighted by Crippen LogP contribution is 2.29. The first kappa shape index (κ1) is 18.5. The van der Waals surface area contributed by atoms with Gasteiger partial charge >= 0.3 is 0 Å². The number of carbonyl (C=O) groups excluding carboxylic acids is 2. The van der Waals surface area contributed by atoms with E-state index in [1.54, 1.807) is 4.90 Å². The number of benzene rings is 2. The van der Waals surface area contributed by atoms with Crippen molar-refractivity contribution in [1.29, 1.82) is 0 Å². The van der Waals surface area contributed by atoms with E-state index in [1.165, 1.54) is 5.69 Å². The van der Waals surface area contributed by atoms with Crippen molar-refractivity contribution in [2.75, 3.05) is 36.0 Å². The number of nitrogens with zero attached hydrogens (tertiary/aromatic N) is 3. The van der Waals surface area contributed by atoms with Gasteiger partial charge in [0.05, 0.1) is 0 Å². The highest BCUT2D eigenvalue weighted by molar-refractivity contribution is 6.01. The number of piperazine rings is 1. The first-order valence-electron chi connectivity index (χ1n) is 10.1. The molecule has 146 valence electrons. The number of amides is 2. The Labute approximate surface area is 166 Å². The molecule has 2 aliphatic heterocycles. The summed E-state index contributed by atoms with van der Waals surface area (Å²) in [5.74, 6) is 0.0893. The summed E-state index contributed by atoms with van der Waals surface area (Å²) in [6.45, 7) is 4.86. The van der Waals surface area contributed by atoms with Gasteiger partial charge in [-0.05, 0) is 43.5 Å². The smallest absolute Gasteiger partial charge is 0.245 e. The standard InChI is InChI=1S/C23H27N3O2/c1-18(26-21-12-6-5-8-19(21)9-7-13-22(26)27)23(28)25-16-14-24(15-17-25)20-10-3-2-4-11-20/h2-6,8,10-12,18H,7,9,13-17H2,1H3/t18-/m0/s1. The van der Waals surface area contributed by atoms with Crippen LogP contribution in [-0.2, 0) is 16.0 Å². The number of hydrogen-bond acceptors (Lipinski definition) is 3. The molecule has 2 aromatic carbocycles. The summed E-state index contributed by atoms with van der Waals surface area (Å²) >= 11 is 0. The molecule has 5 heteroatoms. The van der Waals surface area contributed by atoms with E-state index in [2.05, 4.69) is 23.1 Å². The number of para-hydroxylation sites is 2. The zero-order valence-electron chi connectivity index (χ0n) is 16.4. The van der Waals surface area contributed by atoms with Crippen LogP contribution in [0.1, 0.15) is 25.3 Å². The Kier molecular flexibility index (Phi) is 5.33. The molecule has 28 heavy (non-hydrogen) atoms. The fourth-order valence-electron chi connectivity index (χ4n) is 4.27. The third kappa shape index (κ3) is 3.61. The van der Waals surface area contributed by atoms with Gasteiger partial charge in [0.15, 0.2) is 0 Å². The number of hydrogen-bond donors (Lipinski definition) is 0. The summed E-state index contributed by atoms with van der Waals surface area (Å²) < 4.78 is 0. The van der Waals surface area contributed by atoms with Gasteiger partial charge in [0.25, 0.3) is 0 Å². The number of fused-ring (bicyclic) bond motifs is 1. The molecule has 1 atom stereocenters. The SMILES string of the molecule is C[C@@H](C(=O)N1CCN(c2ccccc2)CC1)N1C(=O)CCCc2ccccc21. The van der Waals surface area contributed by atoms with Crippen molar-refractivity contribution in [3.63, 3.8) is 0 Å². The molecule has 0 bridgehead atoms. The van der Waals surface area contributed by atoms with Crippen molar-refractivity contribution in [1.82, 2.24) is 4.90 Å². The summed E-state index contributed by atoms with van der Waals surface area (Å²) in [4.78, 5) is 32.0. The van der Waals surface area contributed by atoms with Crippen LogP contribution in [0.2, 0.25) is 0 Å². The summed E-state index contributed by atoms with van der Waals surface area (Å²) in [6.07, 6.45) is 2.21. The minimum Gasteiger partial charge on any atom is -0.368 e. The van der Waals surface area contributed by atoms with Crippen LogP contribution in [-0.4, -0.2) is 48.9 Å². The molecule has 5 nitrogen and oxygen atoms in total. The molecule has 2 heterocycles. The van der Waals surface area contributed by atoms with E-state index < -0.39 is 6.04 Å². The van der Waals surface area contributed by atoms with Gasteiger partial charge in [-0.25, -0.2) is 0 Å². The van der Waals surface area contributed by atoms with E-state index in [9.17, 15) is 9.59 Å². The fourth-order valence-corrected chi connectivity index (χ4v) is 4.27. The number of anilines is 2. The molecule has 0 radical (unpaired) electrons. The third-order valence-corrected chi connectivity index (χ3v) is 5.81. The Morgan fingerprint density at radius 3 is 2.32 bits per heavy atom. The maximum absolute atomic E-state index is 13.2. The summed E-state index contributed by atoms with van der Waals surface area (Å²) in [6, 6.07) is 17.8. The average molecular weight is 377 g/mol. The topological polar surface area (TPSA) is 43.9 Å². The first-order valence-corrected chi connectivity index (χ1v) is 10.1. The van der Waals surface area contributed by atoms with Crippen LogP contribution in [0, 0.1) is 0 Å². The molecule has 2 aliphatic rings. The predicted molar refractivity (Wildman–Crippen MR) is 112 cm³/mol. The van der Waals surface area contributed by atoms with Crippen molar-refractivity contribution < 1.29 is 9.59 Å². The lowest BCUT2D eigenvalue weighted by Gasteiger charge is -2.39. The summed E-state index contributed by atoms with van der Waals surface area (Å²) in [5.41, 5.74) is 3.25. The van der Waals surface area contributed by atoms with Crippen molar-refractivity contribution in [2.24, 2.45) is 0 Å². The summed E-state index contributed by atoms with van der Waals surface area (Å²) in [7, 11) is 0. The molecular formula is C23H27N3O2. The van der Waals surface area contributed by atoms with Gasteiger partial charge in [-0.3, -0.25) is 14.5 Å². The number of aryl methyl sites for hydroxylation is 1. The van der Waals surface area contributed by atoms with E-state index in [1.807, 2.05) is 48.2 Å². The van der Waals surface area contributed by atoms with Crippen LogP contribution in [0.5, 0.6) is 0 Å². The van der Waals surface area contributed by atoms with Crippen LogP contribution in [0.3, 0.4) is 0 Å². The number of rotatable bonds is 3. The van der Waals surface area contributed by atoms with E-state index in [0.717, 1.165) is 37.2 Å². The van der Waals surface area contributed by atoms with Gasteiger partial charge in [-0.2, -0.15) is 0 Å². The highest BCUT2D eigenvalue weighted by Gasteiger charge is 2.33. The zero-order chi connectivity index (χ0) is 19.5. The van der Waals surface area contributed by atoms with Crippen LogP contribution in [0.15, 0.2) is 54.6 Å². The lowest BCUT2D eigenvalue weighted by Crippen LogP contribution is -2.55. The molecule has 0 saturated carbocycles. The Balaban J connectivity index is 1.47. The largest absolute Gasteiger partial charge is 0.368 e. The predicted octanol–water partition coefficient (Wildman–Crippen LogP) is 3.09. The zero-order valence-corrected chi connectivity index (χ0v) is 16.4. The number of carbonyl (C=O) groups is 2. The fraction of sp³-hybridized carbons (Fsp3) is 0.391. The molecule has 0 N–H and O–H groups in total. The van der Waals surface area contributed by atoms with Crippen LogP contribution < -0.4 is 9.80 Å². The van der Waals surface area contributed by atoms with E-state index in [-0.39, 0.29) is 11.8 Å². The minimum absolute atomic E-state index is 0.0396. The van der Waals surface area contributed by atoms with Crippen molar-refractivity contribution in [3.05, 3.63) is 60.2 Å². The normalized spacial score (nSPS) is 18.5. The highest BCUT2D eigenvalue weighted by atomic mass is 16.2. The van der Waals surface area contributed by atoms with E-state index >= 15 is 0 Å². The third-order valence-electron chi connectivity index (χ3n) is 5.81. The maximum Gasteiger partial charge on any atom is 0.245 e. The molecule has 1 fully saturated rings. The van der Waals surface area contributed by atoms with E-state index in [0.29, 0.717) is 19.5 Å². The van der Waals surface area contributed by atoms with Crippen LogP contribution >= 0.6 is 0 Å². The quantitative estimate of drug-likeness (QED) is 0.826. The lowest BCUT2D eigenvalue weighted by atomic mass is 10.1. The minimum atomic E-state index is -0.477. The first-order chi connectivity index (χ1) is 13.6. The van der Waals surface area contributed by atoms with Crippen LogP contribution in [0.4, 0.5) is 11.4 Å². The van der Waals surface area contributed by atoms with Crippen LogP contribution in [0.25, 0.3) is 0 Å². The summed E-state index contributed by atoms with van der Waals surface area (Å²) in [5, 5.41) is 0. The Bertz CT molecular complexity index is 844. The second-order valence-electron chi connectivity index (χ2n) is 7.57. The van der Waals surface area contributed by atoms with Gasteiger partial charge in [-0.1, -0.05) is 36.4 Å². The van der Waals surface area contributed by atoms with Crippen molar-refractivity contribution in [2.45, 2.75) is 32.2 Å². The van der Waals surface area contributed by atoms with Gasteiger partial charge in [0.1, 0.15) is 6.04 Å². The lowest BCUT2D eigenvalue weighted by molar-refractivity contribution is -0.134. The molecule has 4 rings (SSSR count). The van der Waals surface area contributed by atoms with Crippen molar-refractivity contribution >= 4 is 23.2 Å². The van der Waals surface area contributed by atoms with Gasteiger partial charge in [0, 0.05) is 44.0 Å². The monoisotopic (exact) mass is 377 g/mol.